The molecule has 0 aliphatic heterocycles. The zero-order valence-electron chi connectivity index (χ0n) is 20.5. The van der Waals surface area contributed by atoms with Crippen molar-refractivity contribution in [1.82, 2.24) is 15.5 Å². The van der Waals surface area contributed by atoms with E-state index in [1.165, 1.54) is 11.3 Å². The summed E-state index contributed by atoms with van der Waals surface area (Å²) in [5, 5.41) is 17.9. The molecule has 3 N–H and O–H groups in total. The van der Waals surface area contributed by atoms with Crippen LogP contribution in [-0.2, 0) is 4.79 Å². The van der Waals surface area contributed by atoms with Crippen LogP contribution in [0.5, 0.6) is 0 Å². The molecule has 0 saturated carbocycles. The van der Waals surface area contributed by atoms with E-state index in [0.29, 0.717) is 15.8 Å². The van der Waals surface area contributed by atoms with Gasteiger partial charge in [0.2, 0.25) is 11.0 Å². The maximum absolute atomic E-state index is 13.1. The van der Waals surface area contributed by atoms with E-state index >= 15 is 0 Å². The van der Waals surface area contributed by atoms with Gasteiger partial charge in [-0.05, 0) is 55.7 Å². The number of amides is 3. The number of hydrogen-bond acceptors (Lipinski definition) is 6. The zero-order chi connectivity index (χ0) is 24.8. The van der Waals surface area contributed by atoms with Crippen molar-refractivity contribution in [2.24, 2.45) is 5.92 Å². The van der Waals surface area contributed by atoms with E-state index in [9.17, 15) is 9.59 Å². The average Bonchev–Trinajstić information content (AvgIpc) is 3.27. The average molecular weight is 481 g/mol. The highest BCUT2D eigenvalue weighted by Gasteiger charge is 2.27. The third kappa shape index (κ3) is 6.32. The lowest BCUT2D eigenvalue weighted by Crippen LogP contribution is -2.49. The first-order valence-electron chi connectivity index (χ1n) is 11.2. The van der Waals surface area contributed by atoms with Crippen LogP contribution in [0.3, 0.4) is 0 Å². The number of carbonyl (C=O) groups excluding carboxylic acids is 2. The van der Waals surface area contributed by atoms with Gasteiger partial charge in [0.15, 0.2) is 0 Å². The zero-order valence-corrected chi connectivity index (χ0v) is 21.3. The van der Waals surface area contributed by atoms with E-state index < -0.39 is 12.1 Å². The summed E-state index contributed by atoms with van der Waals surface area (Å²) in [6, 6.07) is 12.6. The maximum atomic E-state index is 13.1. The molecule has 180 valence electrons. The maximum Gasteiger partial charge on any atom is 0.319 e. The summed E-state index contributed by atoms with van der Waals surface area (Å²) >= 11 is 1.29. The van der Waals surface area contributed by atoms with Crippen molar-refractivity contribution in [3.63, 3.8) is 0 Å². The Morgan fingerprint density at radius 3 is 2.35 bits per heavy atom. The number of nitrogens with zero attached hydrogens (tertiary/aromatic N) is 3. The predicted molar refractivity (Wildman–Crippen MR) is 140 cm³/mol. The number of nitrogens with one attached hydrogen (secondary N) is 3. The fraction of sp³-hybridized carbons (Fsp3) is 0.360. The van der Waals surface area contributed by atoms with Crippen molar-refractivity contribution in [2.75, 3.05) is 29.6 Å². The third-order valence-electron chi connectivity index (χ3n) is 5.70. The summed E-state index contributed by atoms with van der Waals surface area (Å²) in [5.74, 6) is -0.397. The Hall–Kier alpha value is -3.46. The molecule has 0 spiro atoms. The molecule has 0 aliphatic carbocycles. The molecule has 9 heteroatoms. The molecule has 2 unspecified atom stereocenters. The smallest absolute Gasteiger partial charge is 0.319 e. The standard InChI is InChI=1S/C25H32N6O2S/c1-7-16(3)21(27-24(33)26-20-13-8-15(2)14-17(20)4)22(32)28-25-30-29-23(34-25)18-9-11-19(12-10-18)31(5)6/h8-14,16,21H,7H2,1-6H3,(H2,26,27,33)(H,28,30,32). The third-order valence-corrected chi connectivity index (χ3v) is 6.59. The van der Waals surface area contributed by atoms with Crippen molar-refractivity contribution >= 4 is 39.8 Å². The number of hydrogen-bond donors (Lipinski definition) is 3. The Labute approximate surface area is 204 Å². The molecular weight excluding hydrogens is 448 g/mol. The summed E-state index contributed by atoms with van der Waals surface area (Å²) in [5.41, 5.74) is 4.79. The number of aromatic nitrogens is 2. The van der Waals surface area contributed by atoms with Crippen LogP contribution in [0.2, 0.25) is 0 Å². The molecule has 3 rings (SSSR count). The normalized spacial score (nSPS) is 12.5. The van der Waals surface area contributed by atoms with Crippen molar-refractivity contribution in [2.45, 2.75) is 40.2 Å². The monoisotopic (exact) mass is 480 g/mol. The minimum Gasteiger partial charge on any atom is -0.378 e. The van der Waals surface area contributed by atoms with Crippen LogP contribution in [0.25, 0.3) is 10.6 Å². The van der Waals surface area contributed by atoms with Crippen LogP contribution < -0.4 is 20.9 Å². The van der Waals surface area contributed by atoms with E-state index in [1.807, 2.05) is 89.2 Å². The summed E-state index contributed by atoms with van der Waals surface area (Å²) in [6.07, 6.45) is 0.724. The molecule has 0 bridgehead atoms. The Kier molecular flexibility index (Phi) is 8.22. The molecule has 3 aromatic rings. The summed E-state index contributed by atoms with van der Waals surface area (Å²) < 4.78 is 0. The molecule has 3 amide bonds. The van der Waals surface area contributed by atoms with Crippen LogP contribution in [0.15, 0.2) is 42.5 Å². The number of benzene rings is 2. The largest absolute Gasteiger partial charge is 0.378 e. The Morgan fingerprint density at radius 1 is 1.03 bits per heavy atom. The molecule has 0 saturated heterocycles. The minimum absolute atomic E-state index is 0.0733. The van der Waals surface area contributed by atoms with Gasteiger partial charge in [-0.15, -0.1) is 10.2 Å². The first-order valence-corrected chi connectivity index (χ1v) is 12.1. The fourth-order valence-electron chi connectivity index (χ4n) is 3.43. The highest BCUT2D eigenvalue weighted by atomic mass is 32.1. The number of aryl methyl sites for hydroxylation is 2. The predicted octanol–water partition coefficient (Wildman–Crippen LogP) is 5.06. The van der Waals surface area contributed by atoms with Crippen LogP contribution in [0.4, 0.5) is 21.3 Å². The fourth-order valence-corrected chi connectivity index (χ4v) is 4.18. The first kappa shape index (κ1) is 25.2. The van der Waals surface area contributed by atoms with E-state index in [0.717, 1.165) is 28.8 Å². The molecule has 1 heterocycles. The quantitative estimate of drug-likeness (QED) is 0.418. The second-order valence-electron chi connectivity index (χ2n) is 8.62. The lowest BCUT2D eigenvalue weighted by Gasteiger charge is -2.23. The van der Waals surface area contributed by atoms with Gasteiger partial charge >= 0.3 is 6.03 Å². The number of rotatable bonds is 8. The van der Waals surface area contributed by atoms with Crippen molar-refractivity contribution in [3.05, 3.63) is 53.6 Å². The highest BCUT2D eigenvalue weighted by molar-refractivity contribution is 7.18. The number of carbonyl (C=O) groups is 2. The topological polar surface area (TPSA) is 99.2 Å². The van der Waals surface area contributed by atoms with Crippen molar-refractivity contribution < 1.29 is 9.59 Å². The number of anilines is 3. The molecular formula is C25H32N6O2S. The summed E-state index contributed by atoms with van der Waals surface area (Å²) in [4.78, 5) is 27.8. The highest BCUT2D eigenvalue weighted by Crippen LogP contribution is 2.28. The van der Waals surface area contributed by atoms with Crippen LogP contribution in [-0.4, -0.2) is 42.3 Å². The van der Waals surface area contributed by atoms with Gasteiger partial charge in [0, 0.05) is 31.0 Å². The Bertz CT molecular complexity index is 1140. The summed E-state index contributed by atoms with van der Waals surface area (Å²) in [7, 11) is 3.97. The molecule has 0 fully saturated rings. The molecule has 2 atom stereocenters. The number of urea groups is 1. The van der Waals surface area contributed by atoms with E-state index in [2.05, 4.69) is 26.1 Å². The SMILES string of the molecule is CCC(C)C(NC(=O)Nc1ccc(C)cc1C)C(=O)Nc1nnc(-c2ccc(N(C)C)cc2)s1. The van der Waals surface area contributed by atoms with Gasteiger partial charge in [0.05, 0.1) is 0 Å². The van der Waals surface area contributed by atoms with Gasteiger partial charge in [-0.3, -0.25) is 10.1 Å². The molecule has 34 heavy (non-hydrogen) atoms. The first-order chi connectivity index (χ1) is 16.2. The molecule has 0 aliphatic rings. The second kappa shape index (κ2) is 11.1. The van der Waals surface area contributed by atoms with Crippen LogP contribution >= 0.6 is 11.3 Å². The molecule has 2 aromatic carbocycles. The van der Waals surface area contributed by atoms with Gasteiger partial charge < -0.3 is 15.5 Å². The molecule has 8 nitrogen and oxygen atoms in total. The van der Waals surface area contributed by atoms with Crippen LogP contribution in [0, 0.1) is 19.8 Å². The van der Waals surface area contributed by atoms with Gasteiger partial charge in [-0.2, -0.15) is 0 Å². The van der Waals surface area contributed by atoms with Crippen molar-refractivity contribution in [1.29, 1.82) is 0 Å². The van der Waals surface area contributed by atoms with Gasteiger partial charge in [0.1, 0.15) is 11.0 Å². The Morgan fingerprint density at radius 2 is 1.74 bits per heavy atom. The molecule has 1 aromatic heterocycles. The van der Waals surface area contributed by atoms with E-state index in [1.54, 1.807) is 0 Å². The Balaban J connectivity index is 1.68. The summed E-state index contributed by atoms with van der Waals surface area (Å²) in [6.45, 7) is 7.84. The van der Waals surface area contributed by atoms with E-state index in [4.69, 9.17) is 0 Å². The van der Waals surface area contributed by atoms with E-state index in [-0.39, 0.29) is 11.8 Å². The van der Waals surface area contributed by atoms with Crippen molar-refractivity contribution in [3.8, 4) is 10.6 Å². The van der Waals surface area contributed by atoms with Crippen LogP contribution in [0.1, 0.15) is 31.4 Å². The lowest BCUT2D eigenvalue weighted by molar-refractivity contribution is -0.119. The van der Waals surface area contributed by atoms with Gasteiger partial charge in [-0.1, -0.05) is 49.3 Å². The van der Waals surface area contributed by atoms with Gasteiger partial charge in [-0.25, -0.2) is 4.79 Å². The van der Waals surface area contributed by atoms with Gasteiger partial charge in [0.25, 0.3) is 0 Å². The lowest BCUT2D eigenvalue weighted by atomic mass is 9.98. The minimum atomic E-state index is -0.720. The molecule has 0 radical (unpaired) electrons. The second-order valence-corrected chi connectivity index (χ2v) is 9.60.